The molecule has 5 nitrogen and oxygen atoms in total. The molecule has 0 saturated heterocycles. The van der Waals surface area contributed by atoms with E-state index in [2.05, 4.69) is 0 Å². The predicted octanol–water partition coefficient (Wildman–Crippen LogP) is 3.34. The summed E-state index contributed by atoms with van der Waals surface area (Å²) in [5.74, 6) is -0.556. The van der Waals surface area contributed by atoms with Crippen LogP contribution in [0, 0.1) is 0 Å². The number of benzene rings is 2. The Morgan fingerprint density at radius 2 is 1.76 bits per heavy atom. The van der Waals surface area contributed by atoms with Crippen LogP contribution in [-0.2, 0) is 11.4 Å². The molecule has 130 valence electrons. The summed E-state index contributed by atoms with van der Waals surface area (Å²) in [6.45, 7) is 2.01. The third-order valence-electron chi connectivity index (χ3n) is 4.30. The van der Waals surface area contributed by atoms with Gasteiger partial charge in [0, 0.05) is 11.6 Å². The lowest BCUT2D eigenvalue weighted by molar-refractivity contribution is -0.141. The van der Waals surface area contributed by atoms with Crippen LogP contribution in [0.1, 0.15) is 35.7 Å². The van der Waals surface area contributed by atoms with Crippen molar-refractivity contribution in [3.63, 3.8) is 0 Å². The molecular weight excluding hydrogens is 318 g/mol. The van der Waals surface area contributed by atoms with Crippen molar-refractivity contribution in [2.75, 3.05) is 0 Å². The van der Waals surface area contributed by atoms with E-state index < -0.39 is 12.0 Å². The third-order valence-corrected chi connectivity index (χ3v) is 4.30. The quantitative estimate of drug-likeness (QED) is 0.840. The van der Waals surface area contributed by atoms with E-state index >= 15 is 0 Å². The first-order valence-electron chi connectivity index (χ1n) is 8.38. The van der Waals surface area contributed by atoms with Crippen molar-refractivity contribution in [1.29, 1.82) is 0 Å². The highest BCUT2D eigenvalue weighted by Crippen LogP contribution is 2.30. The molecule has 1 N–H and O–H groups in total. The lowest BCUT2D eigenvalue weighted by atomic mass is 10.1. The molecule has 1 unspecified atom stereocenters. The zero-order valence-corrected chi connectivity index (χ0v) is 14.1. The van der Waals surface area contributed by atoms with Crippen LogP contribution in [0.4, 0.5) is 0 Å². The van der Waals surface area contributed by atoms with Gasteiger partial charge in [0.2, 0.25) is 0 Å². The normalized spacial score (nSPS) is 14.6. The molecule has 1 fully saturated rings. The molecule has 3 rings (SSSR count). The zero-order chi connectivity index (χ0) is 17.8. The van der Waals surface area contributed by atoms with E-state index in [9.17, 15) is 14.7 Å². The van der Waals surface area contributed by atoms with Crippen LogP contribution in [0.25, 0.3) is 0 Å². The maximum Gasteiger partial charge on any atom is 0.326 e. The monoisotopic (exact) mass is 339 g/mol. The molecule has 0 spiro atoms. The highest BCUT2D eigenvalue weighted by molar-refractivity contribution is 5.97. The van der Waals surface area contributed by atoms with Crippen LogP contribution in [0.3, 0.4) is 0 Å². The van der Waals surface area contributed by atoms with Gasteiger partial charge < -0.3 is 14.7 Å². The van der Waals surface area contributed by atoms with E-state index in [1.54, 1.807) is 31.2 Å². The van der Waals surface area contributed by atoms with Gasteiger partial charge in [-0.25, -0.2) is 4.79 Å². The second-order valence-corrected chi connectivity index (χ2v) is 6.26. The Morgan fingerprint density at radius 3 is 2.32 bits per heavy atom. The zero-order valence-electron chi connectivity index (χ0n) is 14.1. The predicted molar refractivity (Wildman–Crippen MR) is 93.5 cm³/mol. The highest BCUT2D eigenvalue weighted by Gasteiger charge is 2.38. The van der Waals surface area contributed by atoms with Crippen LogP contribution in [-0.4, -0.2) is 34.0 Å². The largest absolute Gasteiger partial charge is 0.489 e. The topological polar surface area (TPSA) is 66.8 Å². The van der Waals surface area contributed by atoms with Crippen molar-refractivity contribution in [3.8, 4) is 5.75 Å². The van der Waals surface area contributed by atoms with E-state index in [-0.39, 0.29) is 11.9 Å². The van der Waals surface area contributed by atoms with Gasteiger partial charge in [-0.2, -0.15) is 0 Å². The van der Waals surface area contributed by atoms with E-state index in [4.69, 9.17) is 4.74 Å². The van der Waals surface area contributed by atoms with E-state index in [1.165, 1.54) is 4.90 Å². The number of hydrogen-bond donors (Lipinski definition) is 1. The van der Waals surface area contributed by atoms with Crippen molar-refractivity contribution in [2.45, 2.75) is 38.5 Å². The number of carbonyl (C=O) groups is 2. The van der Waals surface area contributed by atoms with Gasteiger partial charge in [-0.05, 0) is 49.6 Å². The van der Waals surface area contributed by atoms with E-state index in [1.807, 2.05) is 30.3 Å². The fourth-order valence-electron chi connectivity index (χ4n) is 2.71. The molecule has 0 aliphatic heterocycles. The molecule has 1 atom stereocenters. The summed E-state index contributed by atoms with van der Waals surface area (Å²) in [5, 5.41) is 9.23. The summed E-state index contributed by atoms with van der Waals surface area (Å²) >= 11 is 0. The van der Waals surface area contributed by atoms with Crippen molar-refractivity contribution < 1.29 is 19.4 Å². The summed E-state index contributed by atoms with van der Waals surface area (Å²) in [7, 11) is 0. The molecule has 0 bridgehead atoms. The highest BCUT2D eigenvalue weighted by atomic mass is 16.5. The van der Waals surface area contributed by atoms with Gasteiger partial charge in [-0.15, -0.1) is 0 Å². The molecule has 0 heterocycles. The molecule has 1 saturated carbocycles. The summed E-state index contributed by atoms with van der Waals surface area (Å²) in [6.07, 6.45) is 1.73. The number of carboxylic acids is 1. The van der Waals surface area contributed by atoms with Crippen molar-refractivity contribution >= 4 is 11.9 Å². The first-order chi connectivity index (χ1) is 12.1. The van der Waals surface area contributed by atoms with Gasteiger partial charge in [0.1, 0.15) is 18.4 Å². The van der Waals surface area contributed by atoms with Gasteiger partial charge in [-0.1, -0.05) is 30.3 Å². The lowest BCUT2D eigenvalue weighted by Crippen LogP contribution is -2.44. The van der Waals surface area contributed by atoms with Crippen LogP contribution < -0.4 is 4.74 Å². The van der Waals surface area contributed by atoms with Crippen LogP contribution >= 0.6 is 0 Å². The number of aliphatic carboxylic acids is 1. The van der Waals surface area contributed by atoms with Crippen LogP contribution in [0.15, 0.2) is 54.6 Å². The number of nitrogens with zero attached hydrogens (tertiary/aromatic N) is 1. The first-order valence-corrected chi connectivity index (χ1v) is 8.38. The summed E-state index contributed by atoms with van der Waals surface area (Å²) < 4.78 is 5.71. The number of amides is 1. The van der Waals surface area contributed by atoms with Crippen LogP contribution in [0.5, 0.6) is 5.75 Å². The molecule has 5 heteroatoms. The van der Waals surface area contributed by atoms with E-state index in [0.29, 0.717) is 17.9 Å². The Balaban J connectivity index is 1.66. The number of hydrogen-bond acceptors (Lipinski definition) is 3. The third kappa shape index (κ3) is 4.18. The lowest BCUT2D eigenvalue weighted by Gasteiger charge is -2.26. The molecule has 25 heavy (non-hydrogen) atoms. The Hall–Kier alpha value is -2.82. The second kappa shape index (κ2) is 7.38. The molecule has 2 aromatic rings. The minimum absolute atomic E-state index is 0.0348. The number of rotatable bonds is 7. The van der Waals surface area contributed by atoms with Gasteiger partial charge in [0.05, 0.1) is 0 Å². The molecule has 0 radical (unpaired) electrons. The second-order valence-electron chi connectivity index (χ2n) is 6.26. The summed E-state index contributed by atoms with van der Waals surface area (Å²) in [6, 6.07) is 15.9. The number of carboxylic acid groups (broad SMARTS) is 1. The molecule has 1 aliphatic carbocycles. The Bertz CT molecular complexity index is 738. The maximum atomic E-state index is 12.7. The van der Waals surface area contributed by atoms with E-state index in [0.717, 1.165) is 18.4 Å². The fourth-order valence-corrected chi connectivity index (χ4v) is 2.71. The van der Waals surface area contributed by atoms with Crippen molar-refractivity contribution in [1.82, 2.24) is 4.90 Å². The standard InChI is InChI=1S/C20H21NO4/c1-14(20(23)24)21(17-9-10-17)19(22)16-7-11-18(12-8-16)25-13-15-5-3-2-4-6-15/h2-8,11-12,14,17H,9-10,13H2,1H3,(H,23,24). The Morgan fingerprint density at radius 1 is 1.12 bits per heavy atom. The van der Waals surface area contributed by atoms with Crippen molar-refractivity contribution in [3.05, 3.63) is 65.7 Å². The number of ether oxygens (including phenoxy) is 1. The van der Waals surface area contributed by atoms with Gasteiger partial charge in [0.25, 0.3) is 5.91 Å². The molecule has 1 aliphatic rings. The average molecular weight is 339 g/mol. The molecule has 2 aromatic carbocycles. The van der Waals surface area contributed by atoms with Gasteiger partial charge in [-0.3, -0.25) is 4.79 Å². The minimum atomic E-state index is -0.983. The number of carbonyl (C=O) groups excluding carboxylic acids is 1. The summed E-state index contributed by atoms with van der Waals surface area (Å²) in [5.41, 5.74) is 1.55. The Labute approximate surface area is 146 Å². The smallest absolute Gasteiger partial charge is 0.326 e. The first kappa shape index (κ1) is 17.0. The maximum absolute atomic E-state index is 12.7. The fraction of sp³-hybridized carbons (Fsp3) is 0.300. The van der Waals surface area contributed by atoms with Crippen molar-refractivity contribution in [2.24, 2.45) is 0 Å². The molecular formula is C20H21NO4. The minimum Gasteiger partial charge on any atom is -0.489 e. The van der Waals surface area contributed by atoms with Gasteiger partial charge >= 0.3 is 5.97 Å². The van der Waals surface area contributed by atoms with Crippen LogP contribution in [0.2, 0.25) is 0 Å². The summed E-state index contributed by atoms with van der Waals surface area (Å²) in [4.78, 5) is 25.4. The molecule has 1 amide bonds. The average Bonchev–Trinajstić information content (AvgIpc) is 3.46. The van der Waals surface area contributed by atoms with Gasteiger partial charge in [0.15, 0.2) is 0 Å². The molecule has 0 aromatic heterocycles. The SMILES string of the molecule is CC(C(=O)O)N(C(=O)c1ccc(OCc2ccccc2)cc1)C1CC1. The Kier molecular flexibility index (Phi) is 5.03.